The van der Waals surface area contributed by atoms with Gasteiger partial charge in [-0.15, -0.1) is 5.56 Å². The first-order valence-electron chi connectivity index (χ1n) is 5.33. The summed E-state index contributed by atoms with van der Waals surface area (Å²) in [5, 5.41) is 0. The molecule has 2 aromatic carbocycles. The molecule has 0 aromatic heterocycles. The maximum Gasteiger partial charge on any atom is 0.281 e. The van der Waals surface area contributed by atoms with E-state index in [0.717, 1.165) is 0 Å². The minimum atomic E-state index is -0.384. The predicted molar refractivity (Wildman–Crippen MR) is 65.4 cm³/mol. The Kier molecular flexibility index (Phi) is 8.54. The van der Waals surface area contributed by atoms with Gasteiger partial charge < -0.3 is 39.9 Å². The standard InChI is InChI=1S/C9H9O3.C5H5.Fe/c1-2-12-9(11)8-4-3-7(5-8)6-10;1-2-4-5-3-1;/h3-6H,2H2,1H3;1-5H;/q-1;-5;. The first-order chi connectivity index (χ1) is 8.27. The van der Waals surface area contributed by atoms with Crippen molar-refractivity contribution in [1.82, 2.24) is 0 Å². The SMILES string of the molecule is CCOC(=O)[c-]1ccc(C=O)c1.[Fe].[cH-]1[cH-][cH-][cH-][cH-]1. The quantitative estimate of drug-likeness (QED) is 0.377. The molecule has 2 aromatic rings. The predicted octanol–water partition coefficient (Wildman–Crippen LogP) is 2.80. The Hall–Kier alpha value is -1.64. The third kappa shape index (κ3) is 5.62. The van der Waals surface area contributed by atoms with E-state index >= 15 is 0 Å². The Morgan fingerprint density at radius 2 is 1.89 bits per heavy atom. The van der Waals surface area contributed by atoms with Gasteiger partial charge in [0, 0.05) is 17.1 Å². The van der Waals surface area contributed by atoms with E-state index < -0.39 is 0 Å². The minimum Gasteiger partial charge on any atom is -0.748 e. The summed E-state index contributed by atoms with van der Waals surface area (Å²) in [4.78, 5) is 21.3. The number of hydrogen-bond acceptors (Lipinski definition) is 3. The van der Waals surface area contributed by atoms with E-state index in [1.54, 1.807) is 19.1 Å². The molecule has 0 aliphatic heterocycles. The van der Waals surface area contributed by atoms with Gasteiger partial charge in [0.05, 0.1) is 12.9 Å². The summed E-state index contributed by atoms with van der Waals surface area (Å²) in [6, 6.07) is 14.7. The fraction of sp³-hybridized carbons (Fsp3) is 0.143. The van der Waals surface area contributed by atoms with E-state index in [9.17, 15) is 9.59 Å². The normalized spacial score (nSPS) is 8.50. The van der Waals surface area contributed by atoms with E-state index in [1.807, 2.05) is 30.3 Å². The summed E-state index contributed by atoms with van der Waals surface area (Å²) in [6.07, 6.45) is 0.697. The van der Waals surface area contributed by atoms with Crippen molar-refractivity contribution in [3.05, 3.63) is 59.7 Å². The van der Waals surface area contributed by atoms with E-state index in [2.05, 4.69) is 0 Å². The number of carbonyl (C=O) groups excluding carboxylic acids is 2. The van der Waals surface area contributed by atoms with Crippen molar-refractivity contribution in [2.45, 2.75) is 6.92 Å². The van der Waals surface area contributed by atoms with Crippen LogP contribution in [0.3, 0.4) is 0 Å². The van der Waals surface area contributed by atoms with Crippen molar-refractivity contribution in [3.63, 3.8) is 0 Å². The third-order valence-electron chi connectivity index (χ3n) is 1.98. The number of carbonyl (C=O) groups is 2. The van der Waals surface area contributed by atoms with Crippen LogP contribution in [0.15, 0.2) is 48.5 Å². The van der Waals surface area contributed by atoms with E-state index in [4.69, 9.17) is 4.74 Å². The molecular weight excluding hydrogens is 272 g/mol. The molecule has 0 N–H and O–H groups in total. The molecule has 0 aliphatic rings. The fourth-order valence-corrected chi connectivity index (χ4v) is 1.20. The second-order valence-electron chi connectivity index (χ2n) is 3.23. The van der Waals surface area contributed by atoms with Crippen LogP contribution in [0.4, 0.5) is 0 Å². The second-order valence-corrected chi connectivity index (χ2v) is 3.23. The maximum absolute atomic E-state index is 11.0. The first kappa shape index (κ1) is 16.4. The molecule has 102 valence electrons. The molecule has 0 unspecified atom stereocenters. The van der Waals surface area contributed by atoms with Crippen LogP contribution in [0, 0.1) is 0 Å². The number of rotatable bonds is 3. The van der Waals surface area contributed by atoms with Crippen LogP contribution in [0.2, 0.25) is 0 Å². The summed E-state index contributed by atoms with van der Waals surface area (Å²) < 4.78 is 4.73. The van der Waals surface area contributed by atoms with Gasteiger partial charge in [0.25, 0.3) is 5.97 Å². The molecule has 0 amide bonds. The Morgan fingerprint density at radius 3 is 2.28 bits per heavy atom. The number of esters is 1. The van der Waals surface area contributed by atoms with Crippen LogP contribution in [-0.2, 0) is 21.8 Å². The van der Waals surface area contributed by atoms with Gasteiger partial charge in [0.2, 0.25) is 0 Å². The van der Waals surface area contributed by atoms with Crippen LogP contribution in [0.1, 0.15) is 27.6 Å². The zero-order valence-electron chi connectivity index (χ0n) is 9.98. The summed E-state index contributed by atoms with van der Waals surface area (Å²) >= 11 is 0. The van der Waals surface area contributed by atoms with Crippen LogP contribution in [0.5, 0.6) is 0 Å². The van der Waals surface area contributed by atoms with Gasteiger partial charge in [-0.25, -0.2) is 6.07 Å². The van der Waals surface area contributed by atoms with Crippen molar-refractivity contribution >= 4 is 12.3 Å². The molecule has 0 spiro atoms. The number of hydrogen-bond donors (Lipinski definition) is 0. The average molecular weight is 286 g/mol. The Labute approximate surface area is 117 Å². The van der Waals surface area contributed by atoms with Crippen molar-refractivity contribution in [2.24, 2.45) is 0 Å². The second kappa shape index (κ2) is 9.40. The maximum atomic E-state index is 11.0. The summed E-state index contributed by atoms with van der Waals surface area (Å²) in [7, 11) is 0. The molecule has 18 heavy (non-hydrogen) atoms. The molecule has 3 nitrogen and oxygen atoms in total. The molecule has 4 heteroatoms. The Morgan fingerprint density at radius 1 is 1.33 bits per heavy atom. The van der Waals surface area contributed by atoms with E-state index in [-0.39, 0.29) is 23.0 Å². The number of aldehydes is 1. The molecule has 0 saturated heterocycles. The van der Waals surface area contributed by atoms with Crippen LogP contribution >= 0.6 is 0 Å². The zero-order valence-corrected chi connectivity index (χ0v) is 11.1. The molecule has 0 bridgehead atoms. The van der Waals surface area contributed by atoms with Crippen LogP contribution < -0.4 is 0 Å². The van der Waals surface area contributed by atoms with Crippen molar-refractivity contribution in [1.29, 1.82) is 0 Å². The molecular formula is C14H14FeO3-6. The minimum absolute atomic E-state index is 0. The molecule has 0 radical (unpaired) electrons. The van der Waals surface area contributed by atoms with Crippen molar-refractivity contribution in [3.8, 4) is 0 Å². The van der Waals surface area contributed by atoms with Gasteiger partial charge in [0.1, 0.15) is 0 Å². The molecule has 0 fully saturated rings. The molecule has 0 saturated carbocycles. The summed E-state index contributed by atoms with van der Waals surface area (Å²) in [5.74, 6) is -0.384. The average Bonchev–Trinajstić information content (AvgIpc) is 3.04. The zero-order chi connectivity index (χ0) is 12.5. The monoisotopic (exact) mass is 286 g/mol. The van der Waals surface area contributed by atoms with Crippen LogP contribution in [-0.4, -0.2) is 18.9 Å². The van der Waals surface area contributed by atoms with Gasteiger partial charge >= 0.3 is 0 Å². The van der Waals surface area contributed by atoms with Crippen molar-refractivity contribution < 1.29 is 31.4 Å². The first-order valence-corrected chi connectivity index (χ1v) is 5.33. The molecule has 2 rings (SSSR count). The van der Waals surface area contributed by atoms with Gasteiger partial charge in [0.15, 0.2) is 0 Å². The number of ether oxygens (including phenoxy) is 1. The van der Waals surface area contributed by atoms with Gasteiger partial charge in [-0.05, 0) is 6.92 Å². The molecule has 0 aliphatic carbocycles. The van der Waals surface area contributed by atoms with Gasteiger partial charge in [-0.1, -0.05) is 5.56 Å². The molecule has 0 heterocycles. The third-order valence-corrected chi connectivity index (χ3v) is 1.98. The topological polar surface area (TPSA) is 43.4 Å². The largest absolute Gasteiger partial charge is 0.748 e. The van der Waals surface area contributed by atoms with Crippen molar-refractivity contribution in [2.75, 3.05) is 6.61 Å². The smallest absolute Gasteiger partial charge is 0.281 e. The molecule has 0 atom stereocenters. The Balaban J connectivity index is 0.000000405. The van der Waals surface area contributed by atoms with E-state index in [0.29, 0.717) is 24.0 Å². The van der Waals surface area contributed by atoms with Gasteiger partial charge in [-0.3, -0.25) is 4.79 Å². The van der Waals surface area contributed by atoms with Crippen LogP contribution in [0.25, 0.3) is 0 Å². The Bertz CT molecular complexity index is 426. The fourth-order valence-electron chi connectivity index (χ4n) is 1.20. The summed E-state index contributed by atoms with van der Waals surface area (Å²) in [5.41, 5.74) is 0.928. The summed E-state index contributed by atoms with van der Waals surface area (Å²) in [6.45, 7) is 2.09. The van der Waals surface area contributed by atoms with E-state index in [1.165, 1.54) is 6.07 Å². The van der Waals surface area contributed by atoms with Gasteiger partial charge in [-0.2, -0.15) is 12.1 Å².